The zero-order chi connectivity index (χ0) is 17.7. The van der Waals surface area contributed by atoms with Gasteiger partial charge in [0.15, 0.2) is 5.75 Å². The van der Waals surface area contributed by atoms with E-state index in [2.05, 4.69) is 10.1 Å². The number of nitrogens with two attached hydrogens (primary N) is 2. The summed E-state index contributed by atoms with van der Waals surface area (Å²) in [6.07, 6.45) is 0. The largest absolute Gasteiger partial charge is 0.433 e. The third kappa shape index (κ3) is 4.37. The minimum Gasteiger partial charge on any atom is -0.433 e. The van der Waals surface area contributed by atoms with Gasteiger partial charge in [0.05, 0.1) is 18.3 Å². The highest BCUT2D eigenvalue weighted by molar-refractivity contribution is 5.98. The fourth-order valence-electron chi connectivity index (χ4n) is 2.10. The number of benzene rings is 1. The van der Waals surface area contributed by atoms with Gasteiger partial charge >= 0.3 is 6.61 Å². The number of anilines is 2. The van der Waals surface area contributed by atoms with Crippen LogP contribution < -0.4 is 26.4 Å². The number of morpholine rings is 1. The normalized spacial score (nSPS) is 16.2. The van der Waals surface area contributed by atoms with Crippen molar-refractivity contribution in [2.75, 3.05) is 36.5 Å². The van der Waals surface area contributed by atoms with Gasteiger partial charge in [-0.3, -0.25) is 9.59 Å². The van der Waals surface area contributed by atoms with Crippen LogP contribution >= 0.6 is 0 Å². The lowest BCUT2D eigenvalue weighted by molar-refractivity contribution is -0.125. The van der Waals surface area contributed by atoms with Gasteiger partial charge in [-0.05, 0) is 12.1 Å². The summed E-state index contributed by atoms with van der Waals surface area (Å²) in [5, 5.41) is 2.38. The minimum atomic E-state index is -3.10. The number of rotatable bonds is 6. The second-order valence-corrected chi connectivity index (χ2v) is 4.99. The van der Waals surface area contributed by atoms with Crippen LogP contribution in [-0.4, -0.2) is 50.8 Å². The van der Waals surface area contributed by atoms with Crippen LogP contribution in [0.15, 0.2) is 18.2 Å². The Balaban J connectivity index is 2.27. The van der Waals surface area contributed by atoms with Crippen LogP contribution in [0.3, 0.4) is 0 Å². The van der Waals surface area contributed by atoms with Gasteiger partial charge in [0, 0.05) is 24.8 Å². The van der Waals surface area contributed by atoms with Crippen LogP contribution in [0.5, 0.6) is 5.75 Å². The highest BCUT2D eigenvalue weighted by Crippen LogP contribution is 2.32. The second-order valence-electron chi connectivity index (χ2n) is 4.99. The average Bonchev–Trinajstić information content (AvgIpc) is 2.55. The summed E-state index contributed by atoms with van der Waals surface area (Å²) in [6, 6.07) is 3.13. The van der Waals surface area contributed by atoms with Gasteiger partial charge < -0.3 is 31.2 Å². The van der Waals surface area contributed by atoms with Crippen LogP contribution in [-0.2, 0) is 14.3 Å². The van der Waals surface area contributed by atoms with Crippen molar-refractivity contribution in [3.63, 3.8) is 0 Å². The molecule has 10 heteroatoms. The average molecular weight is 344 g/mol. The number of nitrogens with one attached hydrogen (secondary N) is 1. The molecule has 1 fully saturated rings. The molecule has 0 aromatic heterocycles. The molecular formula is C14H18F2N4O4. The minimum absolute atomic E-state index is 0.00802. The number of halogens is 2. The van der Waals surface area contributed by atoms with Crippen molar-refractivity contribution in [1.29, 1.82) is 0 Å². The van der Waals surface area contributed by atoms with E-state index in [-0.39, 0.29) is 37.0 Å². The Hall–Kier alpha value is -2.30. The fraction of sp³-hybridized carbons (Fsp3) is 0.429. The summed E-state index contributed by atoms with van der Waals surface area (Å²) >= 11 is 0. The Morgan fingerprint density at radius 2 is 2.21 bits per heavy atom. The zero-order valence-corrected chi connectivity index (χ0v) is 12.7. The van der Waals surface area contributed by atoms with Gasteiger partial charge in [-0.2, -0.15) is 8.78 Å². The smallest absolute Gasteiger partial charge is 0.387 e. The molecular weight excluding hydrogens is 326 g/mol. The number of ether oxygens (including phenoxy) is 2. The van der Waals surface area contributed by atoms with Crippen molar-refractivity contribution in [2.45, 2.75) is 12.7 Å². The number of carbonyl (C=O) groups is 2. The molecule has 0 bridgehead atoms. The van der Waals surface area contributed by atoms with Crippen LogP contribution in [0.4, 0.5) is 20.2 Å². The lowest BCUT2D eigenvalue weighted by Crippen LogP contribution is -2.42. The van der Waals surface area contributed by atoms with Gasteiger partial charge in [-0.15, -0.1) is 0 Å². The van der Waals surface area contributed by atoms with E-state index in [9.17, 15) is 18.4 Å². The first-order valence-corrected chi connectivity index (χ1v) is 7.16. The molecule has 1 aliphatic heterocycles. The molecule has 0 unspecified atom stereocenters. The molecule has 8 nitrogen and oxygen atoms in total. The lowest BCUT2D eigenvalue weighted by atomic mass is 10.2. The molecule has 132 valence electrons. The maximum absolute atomic E-state index is 12.6. The Morgan fingerprint density at radius 3 is 2.83 bits per heavy atom. The van der Waals surface area contributed by atoms with Crippen molar-refractivity contribution in [3.05, 3.63) is 18.2 Å². The third-order valence-corrected chi connectivity index (χ3v) is 3.33. The maximum atomic E-state index is 12.6. The van der Waals surface area contributed by atoms with Crippen molar-refractivity contribution in [3.8, 4) is 5.75 Å². The molecule has 2 amide bonds. The predicted molar refractivity (Wildman–Crippen MR) is 81.9 cm³/mol. The molecule has 1 saturated heterocycles. The van der Waals surface area contributed by atoms with Crippen molar-refractivity contribution < 1.29 is 27.8 Å². The first kappa shape index (κ1) is 18.0. The number of hydrogen-bond acceptors (Lipinski definition) is 6. The Kier molecular flexibility index (Phi) is 6.01. The van der Waals surface area contributed by atoms with Crippen LogP contribution in [0.25, 0.3) is 0 Å². The number of carbonyl (C=O) groups excluding carboxylic acids is 2. The first-order chi connectivity index (χ1) is 11.4. The number of amides is 2. The number of hydrogen-bond donors (Lipinski definition) is 3. The molecule has 0 spiro atoms. The van der Waals surface area contributed by atoms with E-state index in [1.807, 2.05) is 0 Å². The summed E-state index contributed by atoms with van der Waals surface area (Å²) in [5.41, 5.74) is 11.1. The van der Waals surface area contributed by atoms with E-state index in [0.29, 0.717) is 12.3 Å². The van der Waals surface area contributed by atoms with E-state index in [4.69, 9.17) is 16.2 Å². The summed E-state index contributed by atoms with van der Waals surface area (Å²) < 4.78 is 34.7. The second kappa shape index (κ2) is 7.99. The van der Waals surface area contributed by atoms with E-state index < -0.39 is 18.6 Å². The fourth-order valence-corrected chi connectivity index (χ4v) is 2.10. The molecule has 1 atom stereocenters. The van der Waals surface area contributed by atoms with Crippen molar-refractivity contribution in [2.24, 2.45) is 11.5 Å². The monoisotopic (exact) mass is 344 g/mol. The standard InChI is InChI=1S/C14H18F2N4O4/c15-14(16)24-11-5-8(20-3-4-23-7-12(20)21)1-2-10(11)19-13(22)9(18)6-17/h1-2,5,9,14H,3-4,6-7,17-18H2,(H,19,22)/t9-/m0/s1. The van der Waals surface area contributed by atoms with Crippen LogP contribution in [0, 0.1) is 0 Å². The lowest BCUT2D eigenvalue weighted by Gasteiger charge is -2.27. The van der Waals surface area contributed by atoms with Gasteiger partial charge in [0.1, 0.15) is 6.61 Å². The van der Waals surface area contributed by atoms with Crippen molar-refractivity contribution >= 4 is 23.2 Å². The third-order valence-electron chi connectivity index (χ3n) is 3.33. The van der Waals surface area contributed by atoms with Gasteiger partial charge in [-0.25, -0.2) is 0 Å². The molecule has 1 heterocycles. The van der Waals surface area contributed by atoms with E-state index in [1.54, 1.807) is 0 Å². The molecule has 1 aromatic carbocycles. The quantitative estimate of drug-likeness (QED) is 0.662. The number of alkyl halides is 2. The van der Waals surface area contributed by atoms with E-state index in [1.165, 1.54) is 23.1 Å². The van der Waals surface area contributed by atoms with Crippen LogP contribution in [0.1, 0.15) is 0 Å². The highest BCUT2D eigenvalue weighted by Gasteiger charge is 2.23. The van der Waals surface area contributed by atoms with Gasteiger partial charge in [-0.1, -0.05) is 0 Å². The van der Waals surface area contributed by atoms with Crippen molar-refractivity contribution in [1.82, 2.24) is 0 Å². The Morgan fingerprint density at radius 1 is 1.46 bits per heavy atom. The maximum Gasteiger partial charge on any atom is 0.387 e. The molecule has 0 saturated carbocycles. The Bertz CT molecular complexity index is 614. The molecule has 24 heavy (non-hydrogen) atoms. The van der Waals surface area contributed by atoms with E-state index in [0.717, 1.165) is 0 Å². The highest BCUT2D eigenvalue weighted by atomic mass is 19.3. The molecule has 1 aromatic rings. The first-order valence-electron chi connectivity index (χ1n) is 7.16. The summed E-state index contributed by atoms with van der Waals surface area (Å²) in [5.74, 6) is -1.21. The zero-order valence-electron chi connectivity index (χ0n) is 12.7. The summed E-state index contributed by atoms with van der Waals surface area (Å²) in [4.78, 5) is 25.0. The molecule has 0 radical (unpaired) electrons. The summed E-state index contributed by atoms with van der Waals surface area (Å²) in [6.45, 7) is -2.66. The summed E-state index contributed by atoms with van der Waals surface area (Å²) in [7, 11) is 0. The molecule has 1 aliphatic rings. The molecule has 5 N–H and O–H groups in total. The SMILES string of the molecule is NC[C@H](N)C(=O)Nc1ccc(N2CCOCC2=O)cc1OC(F)F. The topological polar surface area (TPSA) is 120 Å². The predicted octanol–water partition coefficient (Wildman–Crippen LogP) is -0.124. The molecule has 2 rings (SSSR count). The van der Waals surface area contributed by atoms with Crippen LogP contribution in [0.2, 0.25) is 0 Å². The van der Waals surface area contributed by atoms with E-state index >= 15 is 0 Å². The van der Waals surface area contributed by atoms with Gasteiger partial charge in [0.2, 0.25) is 5.91 Å². The molecule has 0 aliphatic carbocycles. The number of nitrogens with zero attached hydrogens (tertiary/aromatic N) is 1. The Labute approximate surface area is 136 Å². The van der Waals surface area contributed by atoms with Gasteiger partial charge in [0.25, 0.3) is 5.91 Å².